The molecule has 0 aromatic heterocycles. The number of carbonyl (C=O) groups is 2. The molecule has 1 N–H and O–H groups in total. The third kappa shape index (κ3) is 5.35. The summed E-state index contributed by atoms with van der Waals surface area (Å²) in [5, 5.41) is 2.88. The van der Waals surface area contributed by atoms with Gasteiger partial charge in [-0.25, -0.2) is 4.79 Å². The highest BCUT2D eigenvalue weighted by molar-refractivity contribution is 6.29. The third-order valence-electron chi connectivity index (χ3n) is 4.39. The van der Waals surface area contributed by atoms with E-state index in [4.69, 9.17) is 9.47 Å². The Morgan fingerprint density at radius 1 is 0.900 bits per heavy atom. The fourth-order valence-electron chi connectivity index (χ4n) is 2.90. The first kappa shape index (κ1) is 20.9. The van der Waals surface area contributed by atoms with Crippen LogP contribution in [0, 0.1) is 0 Å². The molecule has 3 rings (SSSR count). The molecule has 3 aromatic rings. The molecule has 0 saturated carbocycles. The standard InChI is InChI=1S/C25H23NO4/c1-3-30-25(28)20-10-7-11-21(17-20)26-24(27)23(19-8-5-4-6-9-19)16-18-12-14-22(29-2)15-13-18/h4-17H,3H2,1-2H3,(H,26,27)/b23-16+. The van der Waals surface area contributed by atoms with Crippen molar-refractivity contribution in [1.82, 2.24) is 0 Å². The van der Waals surface area contributed by atoms with Gasteiger partial charge >= 0.3 is 5.97 Å². The molecule has 0 aliphatic carbocycles. The Balaban J connectivity index is 1.90. The van der Waals surface area contributed by atoms with E-state index in [9.17, 15) is 9.59 Å². The smallest absolute Gasteiger partial charge is 0.338 e. The predicted molar refractivity (Wildman–Crippen MR) is 118 cm³/mol. The molecule has 0 atom stereocenters. The summed E-state index contributed by atoms with van der Waals surface area (Å²) in [6.07, 6.45) is 1.82. The first-order valence-electron chi connectivity index (χ1n) is 9.60. The van der Waals surface area contributed by atoms with Crippen LogP contribution >= 0.6 is 0 Å². The molecule has 5 nitrogen and oxygen atoms in total. The summed E-state index contributed by atoms with van der Waals surface area (Å²) >= 11 is 0. The van der Waals surface area contributed by atoms with Gasteiger partial charge in [-0.2, -0.15) is 0 Å². The van der Waals surface area contributed by atoms with Gasteiger partial charge in [0.25, 0.3) is 5.91 Å². The number of ether oxygens (including phenoxy) is 2. The highest BCUT2D eigenvalue weighted by atomic mass is 16.5. The summed E-state index contributed by atoms with van der Waals surface area (Å²) in [5.74, 6) is 0.0392. The molecule has 0 unspecified atom stereocenters. The van der Waals surface area contributed by atoms with Crippen LogP contribution in [0.3, 0.4) is 0 Å². The molecule has 0 radical (unpaired) electrons. The van der Waals surface area contributed by atoms with Gasteiger partial charge in [-0.1, -0.05) is 48.5 Å². The molecule has 0 fully saturated rings. The van der Waals surface area contributed by atoms with E-state index < -0.39 is 5.97 Å². The van der Waals surface area contributed by atoms with Gasteiger partial charge in [-0.15, -0.1) is 0 Å². The number of esters is 1. The Morgan fingerprint density at radius 2 is 1.60 bits per heavy atom. The molecular weight excluding hydrogens is 378 g/mol. The number of rotatable bonds is 7. The van der Waals surface area contributed by atoms with Gasteiger partial charge in [0.2, 0.25) is 0 Å². The van der Waals surface area contributed by atoms with Crippen molar-refractivity contribution >= 4 is 29.2 Å². The fourth-order valence-corrected chi connectivity index (χ4v) is 2.90. The van der Waals surface area contributed by atoms with Crippen LogP contribution < -0.4 is 10.1 Å². The topological polar surface area (TPSA) is 64.6 Å². The van der Waals surface area contributed by atoms with E-state index in [1.54, 1.807) is 38.3 Å². The van der Waals surface area contributed by atoms with E-state index in [1.807, 2.05) is 60.7 Å². The lowest BCUT2D eigenvalue weighted by Gasteiger charge is -2.11. The fraction of sp³-hybridized carbons (Fsp3) is 0.120. The highest BCUT2D eigenvalue weighted by Gasteiger charge is 2.14. The second-order valence-electron chi connectivity index (χ2n) is 6.45. The van der Waals surface area contributed by atoms with Gasteiger partial charge in [-0.05, 0) is 54.5 Å². The van der Waals surface area contributed by atoms with Gasteiger partial charge in [0.1, 0.15) is 5.75 Å². The third-order valence-corrected chi connectivity index (χ3v) is 4.39. The van der Waals surface area contributed by atoms with E-state index in [0.717, 1.165) is 16.9 Å². The average Bonchev–Trinajstić information content (AvgIpc) is 2.78. The van der Waals surface area contributed by atoms with Gasteiger partial charge in [0.15, 0.2) is 0 Å². The van der Waals surface area contributed by atoms with Gasteiger partial charge < -0.3 is 14.8 Å². The van der Waals surface area contributed by atoms with Crippen LogP contribution in [0.25, 0.3) is 11.6 Å². The number of methoxy groups -OCH3 is 1. The Hall–Kier alpha value is -3.86. The molecule has 152 valence electrons. The summed E-state index contributed by atoms with van der Waals surface area (Å²) in [7, 11) is 1.61. The number of carbonyl (C=O) groups excluding carboxylic acids is 2. The molecule has 0 saturated heterocycles. The van der Waals surface area contributed by atoms with Crippen molar-refractivity contribution in [1.29, 1.82) is 0 Å². The minimum absolute atomic E-state index is 0.280. The summed E-state index contributed by atoms with van der Waals surface area (Å²) < 4.78 is 10.2. The van der Waals surface area contributed by atoms with Crippen LogP contribution in [-0.2, 0) is 9.53 Å². The molecule has 0 spiro atoms. The van der Waals surface area contributed by atoms with Crippen LogP contribution in [0.1, 0.15) is 28.4 Å². The molecular formula is C25H23NO4. The maximum atomic E-state index is 13.1. The Labute approximate surface area is 176 Å². The number of hydrogen-bond acceptors (Lipinski definition) is 4. The predicted octanol–water partition coefficient (Wildman–Crippen LogP) is 5.05. The van der Waals surface area contributed by atoms with Gasteiger partial charge in [0.05, 0.1) is 19.3 Å². The maximum absolute atomic E-state index is 13.1. The summed E-state index contributed by atoms with van der Waals surface area (Å²) in [6, 6.07) is 23.6. The van der Waals surface area contributed by atoms with Crippen molar-refractivity contribution in [2.75, 3.05) is 19.0 Å². The van der Waals surface area contributed by atoms with Crippen molar-refractivity contribution in [3.63, 3.8) is 0 Å². The van der Waals surface area contributed by atoms with Crippen LogP contribution in [-0.4, -0.2) is 25.6 Å². The van der Waals surface area contributed by atoms with Crippen molar-refractivity contribution in [2.45, 2.75) is 6.92 Å². The van der Waals surface area contributed by atoms with Crippen molar-refractivity contribution < 1.29 is 19.1 Å². The van der Waals surface area contributed by atoms with Crippen molar-refractivity contribution in [2.24, 2.45) is 0 Å². The Kier molecular flexibility index (Phi) is 7.00. The van der Waals surface area contributed by atoms with Gasteiger partial charge in [-0.3, -0.25) is 4.79 Å². The van der Waals surface area contributed by atoms with E-state index >= 15 is 0 Å². The summed E-state index contributed by atoms with van der Waals surface area (Å²) in [4.78, 5) is 25.1. The van der Waals surface area contributed by atoms with Gasteiger partial charge in [0, 0.05) is 11.3 Å². The quantitative estimate of drug-likeness (QED) is 0.342. The zero-order valence-corrected chi connectivity index (χ0v) is 16.9. The number of nitrogens with one attached hydrogen (secondary N) is 1. The minimum Gasteiger partial charge on any atom is -0.497 e. The van der Waals surface area contributed by atoms with E-state index in [1.165, 1.54) is 0 Å². The zero-order valence-electron chi connectivity index (χ0n) is 16.9. The minimum atomic E-state index is -0.425. The summed E-state index contributed by atoms with van der Waals surface area (Å²) in [6.45, 7) is 2.04. The van der Waals surface area contributed by atoms with Crippen LogP contribution in [0.4, 0.5) is 5.69 Å². The monoisotopic (exact) mass is 401 g/mol. The normalized spacial score (nSPS) is 10.9. The molecule has 0 aliphatic heterocycles. The van der Waals surface area contributed by atoms with Crippen molar-refractivity contribution in [3.8, 4) is 5.75 Å². The highest BCUT2D eigenvalue weighted by Crippen LogP contribution is 2.22. The Bertz CT molecular complexity index is 1040. The van der Waals surface area contributed by atoms with Crippen LogP contribution in [0.2, 0.25) is 0 Å². The molecule has 0 bridgehead atoms. The lowest BCUT2D eigenvalue weighted by atomic mass is 10.0. The first-order valence-corrected chi connectivity index (χ1v) is 9.60. The number of hydrogen-bond donors (Lipinski definition) is 1. The maximum Gasteiger partial charge on any atom is 0.338 e. The summed E-state index contributed by atoms with van der Waals surface area (Å²) in [5.41, 5.74) is 3.05. The first-order chi connectivity index (χ1) is 14.6. The van der Waals surface area contributed by atoms with E-state index in [2.05, 4.69) is 5.32 Å². The zero-order chi connectivity index (χ0) is 21.3. The van der Waals surface area contributed by atoms with E-state index in [-0.39, 0.29) is 12.5 Å². The number of anilines is 1. The number of amides is 1. The van der Waals surface area contributed by atoms with Crippen molar-refractivity contribution in [3.05, 3.63) is 95.6 Å². The largest absolute Gasteiger partial charge is 0.497 e. The van der Waals surface area contributed by atoms with E-state index in [0.29, 0.717) is 16.8 Å². The average molecular weight is 401 g/mol. The lowest BCUT2D eigenvalue weighted by molar-refractivity contribution is -0.111. The lowest BCUT2D eigenvalue weighted by Crippen LogP contribution is -2.14. The molecule has 5 heteroatoms. The molecule has 0 aliphatic rings. The second-order valence-corrected chi connectivity index (χ2v) is 6.45. The molecule has 3 aromatic carbocycles. The SMILES string of the molecule is CCOC(=O)c1cccc(NC(=O)/C(=C/c2ccc(OC)cc2)c2ccccc2)c1. The second kappa shape index (κ2) is 10.1. The number of benzene rings is 3. The molecule has 0 heterocycles. The Morgan fingerprint density at radius 3 is 2.27 bits per heavy atom. The van der Waals surface area contributed by atoms with Crippen LogP contribution in [0.15, 0.2) is 78.9 Å². The molecule has 30 heavy (non-hydrogen) atoms. The van der Waals surface area contributed by atoms with Crippen LogP contribution in [0.5, 0.6) is 5.75 Å². The molecule has 1 amide bonds.